The van der Waals surface area contributed by atoms with Gasteiger partial charge in [-0.15, -0.1) is 11.3 Å². The lowest BCUT2D eigenvalue weighted by Crippen LogP contribution is -2.49. The highest BCUT2D eigenvalue weighted by molar-refractivity contribution is 7.13. The zero-order chi connectivity index (χ0) is 21.0. The monoisotopic (exact) mass is 427 g/mol. The first-order chi connectivity index (χ1) is 14.6. The minimum atomic E-state index is -1.01. The van der Waals surface area contributed by atoms with Gasteiger partial charge in [0.05, 0.1) is 25.5 Å². The van der Waals surface area contributed by atoms with Gasteiger partial charge in [0.1, 0.15) is 29.6 Å². The summed E-state index contributed by atoms with van der Waals surface area (Å²) in [5.74, 6) is -0.302. The maximum atomic E-state index is 10.8. The molecule has 0 saturated carbocycles. The first kappa shape index (κ1) is 20.5. The molecule has 7 nitrogen and oxygen atoms in total. The van der Waals surface area contributed by atoms with Crippen molar-refractivity contribution >= 4 is 17.3 Å². The van der Waals surface area contributed by atoms with Crippen molar-refractivity contribution in [1.82, 2.24) is 4.98 Å². The summed E-state index contributed by atoms with van der Waals surface area (Å²) in [7, 11) is 0. The second kappa shape index (κ2) is 8.93. The Morgan fingerprint density at radius 1 is 1.20 bits per heavy atom. The van der Waals surface area contributed by atoms with Gasteiger partial charge >= 0.3 is 5.97 Å². The Balaban J connectivity index is 1.40. The quantitative estimate of drug-likeness (QED) is 0.541. The van der Waals surface area contributed by atoms with Gasteiger partial charge in [-0.1, -0.05) is 30.3 Å². The van der Waals surface area contributed by atoms with Crippen LogP contribution in [0.3, 0.4) is 0 Å². The lowest BCUT2D eigenvalue weighted by molar-refractivity contribution is -0.220. The van der Waals surface area contributed by atoms with Gasteiger partial charge in [-0.25, -0.2) is 9.78 Å². The van der Waals surface area contributed by atoms with E-state index in [-0.39, 0.29) is 13.2 Å². The Morgan fingerprint density at radius 3 is 2.63 bits per heavy atom. The number of carboxylic acid groups (broad SMARTS) is 1. The number of hydrogen-bond acceptors (Lipinski definition) is 7. The zero-order valence-electron chi connectivity index (χ0n) is 16.1. The maximum absolute atomic E-state index is 10.8. The molecule has 0 atom stereocenters. The van der Waals surface area contributed by atoms with E-state index in [1.54, 1.807) is 0 Å². The van der Waals surface area contributed by atoms with Crippen molar-refractivity contribution < 1.29 is 29.2 Å². The third-order valence-corrected chi connectivity index (χ3v) is 5.76. The first-order valence-corrected chi connectivity index (χ1v) is 10.3. The van der Waals surface area contributed by atoms with Crippen LogP contribution in [0.15, 0.2) is 53.9 Å². The average Bonchev–Trinajstić information content (AvgIpc) is 3.22. The van der Waals surface area contributed by atoms with E-state index in [4.69, 9.17) is 19.3 Å². The number of carbonyl (C=O) groups is 1. The third-order valence-electron chi connectivity index (χ3n) is 4.82. The number of ether oxygens (including phenoxy) is 3. The molecule has 2 heterocycles. The summed E-state index contributed by atoms with van der Waals surface area (Å²) in [5.41, 5.74) is 2.82. The van der Waals surface area contributed by atoms with Crippen LogP contribution in [0.5, 0.6) is 5.75 Å². The SMILES string of the molecule is O=C(O)COC1(c2ccc(OCc3cccc(-c4nc(CO)cs4)c3)cc2)COC1. The standard InChI is InChI=1S/C22H21NO6S/c24-9-18-12-30-21(23-18)16-3-1-2-15(8-16)10-28-19-6-4-17(5-7-19)22(13-27-14-22)29-11-20(25)26/h1-8,12,24H,9-11,13-14H2,(H,25,26). The number of thiazole rings is 1. The van der Waals surface area contributed by atoms with Gasteiger partial charge in [-0.2, -0.15) is 0 Å². The molecule has 0 amide bonds. The Labute approximate surface area is 177 Å². The lowest BCUT2D eigenvalue weighted by Gasteiger charge is -2.41. The summed E-state index contributed by atoms with van der Waals surface area (Å²) in [5, 5.41) is 20.8. The van der Waals surface area contributed by atoms with Gasteiger partial charge in [-0.3, -0.25) is 0 Å². The Hall–Kier alpha value is -2.78. The van der Waals surface area contributed by atoms with Crippen LogP contribution in [-0.2, 0) is 33.1 Å². The fourth-order valence-corrected chi connectivity index (χ4v) is 3.96. The lowest BCUT2D eigenvalue weighted by atomic mass is 9.91. The molecule has 1 saturated heterocycles. The molecule has 2 N–H and O–H groups in total. The number of hydrogen-bond donors (Lipinski definition) is 2. The molecule has 1 aromatic heterocycles. The molecule has 0 unspecified atom stereocenters. The molecule has 1 aliphatic heterocycles. The Morgan fingerprint density at radius 2 is 2.00 bits per heavy atom. The van der Waals surface area contributed by atoms with Crippen molar-refractivity contribution in [2.24, 2.45) is 0 Å². The van der Waals surface area contributed by atoms with Crippen LogP contribution >= 0.6 is 11.3 Å². The molecule has 0 spiro atoms. The van der Waals surface area contributed by atoms with Crippen LogP contribution in [0.4, 0.5) is 0 Å². The summed E-state index contributed by atoms with van der Waals surface area (Å²) in [6.07, 6.45) is 0. The van der Waals surface area contributed by atoms with Gasteiger partial charge in [0, 0.05) is 10.9 Å². The summed E-state index contributed by atoms with van der Waals surface area (Å²) in [6.45, 7) is 0.639. The molecule has 30 heavy (non-hydrogen) atoms. The predicted octanol–water partition coefficient (Wildman–Crippen LogP) is 3.21. The number of aliphatic carboxylic acids is 1. The fourth-order valence-electron chi connectivity index (χ4n) is 3.15. The zero-order valence-corrected chi connectivity index (χ0v) is 16.9. The van der Waals surface area contributed by atoms with Gasteiger partial charge in [-0.05, 0) is 29.3 Å². The fraction of sp³-hybridized carbons (Fsp3) is 0.273. The van der Waals surface area contributed by atoms with E-state index >= 15 is 0 Å². The molecule has 156 valence electrons. The molecular weight excluding hydrogens is 406 g/mol. The number of nitrogens with zero attached hydrogens (tertiary/aromatic N) is 1. The number of rotatable bonds is 9. The van der Waals surface area contributed by atoms with Gasteiger partial charge in [0.25, 0.3) is 0 Å². The predicted molar refractivity (Wildman–Crippen MR) is 110 cm³/mol. The molecule has 3 aromatic rings. The molecule has 1 fully saturated rings. The van der Waals surface area contributed by atoms with Crippen molar-refractivity contribution in [3.63, 3.8) is 0 Å². The van der Waals surface area contributed by atoms with Gasteiger partial charge in [0.15, 0.2) is 0 Å². The minimum absolute atomic E-state index is 0.0654. The first-order valence-electron chi connectivity index (χ1n) is 9.39. The van der Waals surface area contributed by atoms with Crippen LogP contribution in [0.2, 0.25) is 0 Å². The van der Waals surface area contributed by atoms with Crippen molar-refractivity contribution in [3.8, 4) is 16.3 Å². The van der Waals surface area contributed by atoms with Crippen LogP contribution in [0.1, 0.15) is 16.8 Å². The van der Waals surface area contributed by atoms with Crippen molar-refractivity contribution in [1.29, 1.82) is 0 Å². The largest absolute Gasteiger partial charge is 0.489 e. The summed E-state index contributed by atoms with van der Waals surface area (Å²) in [4.78, 5) is 15.2. The molecule has 0 aliphatic carbocycles. The number of aliphatic hydroxyl groups is 1. The van der Waals surface area contributed by atoms with Crippen molar-refractivity contribution in [3.05, 3.63) is 70.7 Å². The van der Waals surface area contributed by atoms with Gasteiger partial charge < -0.3 is 24.4 Å². The normalized spacial score (nSPS) is 14.8. The Bertz CT molecular complexity index is 1010. The number of aromatic nitrogens is 1. The van der Waals surface area contributed by atoms with E-state index in [2.05, 4.69) is 4.98 Å². The third kappa shape index (κ3) is 4.52. The van der Waals surface area contributed by atoms with Crippen LogP contribution in [0, 0.1) is 0 Å². The van der Waals surface area contributed by atoms with E-state index in [1.165, 1.54) is 11.3 Å². The van der Waals surface area contributed by atoms with E-state index < -0.39 is 11.6 Å². The van der Waals surface area contributed by atoms with Crippen LogP contribution < -0.4 is 4.74 Å². The summed E-state index contributed by atoms with van der Waals surface area (Å²) in [6, 6.07) is 15.4. The highest BCUT2D eigenvalue weighted by Gasteiger charge is 2.42. The molecule has 0 radical (unpaired) electrons. The maximum Gasteiger partial charge on any atom is 0.329 e. The Kier molecular flexibility index (Phi) is 6.10. The highest BCUT2D eigenvalue weighted by atomic mass is 32.1. The minimum Gasteiger partial charge on any atom is -0.489 e. The molecule has 4 rings (SSSR count). The number of benzene rings is 2. The number of aliphatic hydroxyl groups excluding tert-OH is 1. The smallest absolute Gasteiger partial charge is 0.329 e. The molecule has 2 aromatic carbocycles. The van der Waals surface area contributed by atoms with E-state index in [0.717, 1.165) is 21.7 Å². The van der Waals surface area contributed by atoms with Gasteiger partial charge in [0.2, 0.25) is 0 Å². The van der Waals surface area contributed by atoms with Crippen molar-refractivity contribution in [2.75, 3.05) is 19.8 Å². The molecule has 0 bridgehead atoms. The van der Waals surface area contributed by atoms with E-state index in [9.17, 15) is 9.90 Å². The van der Waals surface area contributed by atoms with Crippen LogP contribution in [-0.4, -0.2) is 41.0 Å². The topological polar surface area (TPSA) is 98.1 Å². The van der Waals surface area contributed by atoms with Crippen molar-refractivity contribution in [2.45, 2.75) is 18.8 Å². The molecule has 8 heteroatoms. The van der Waals surface area contributed by atoms with Crippen LogP contribution in [0.25, 0.3) is 10.6 Å². The second-order valence-corrected chi connectivity index (χ2v) is 7.84. The second-order valence-electron chi connectivity index (χ2n) is 6.99. The summed E-state index contributed by atoms with van der Waals surface area (Å²) < 4.78 is 16.7. The highest BCUT2D eigenvalue weighted by Crippen LogP contribution is 2.34. The molecular formula is C22H21NO6S. The summed E-state index contributed by atoms with van der Waals surface area (Å²) >= 11 is 1.50. The molecule has 1 aliphatic rings. The van der Waals surface area contributed by atoms with E-state index in [0.29, 0.717) is 31.3 Å². The average molecular weight is 427 g/mol. The van der Waals surface area contributed by atoms with E-state index in [1.807, 2.05) is 53.9 Å². The number of carboxylic acids is 1.